The molecule has 0 aromatic heterocycles. The minimum atomic E-state index is -3.36. The molecule has 26 heavy (non-hydrogen) atoms. The summed E-state index contributed by atoms with van der Waals surface area (Å²) in [6, 6.07) is 7.07. The van der Waals surface area contributed by atoms with Gasteiger partial charge in [0.05, 0.1) is 19.4 Å². The van der Waals surface area contributed by atoms with Crippen LogP contribution in [-0.2, 0) is 36.2 Å². The number of hydrogen-bond donors (Lipinski definition) is 0. The van der Waals surface area contributed by atoms with Gasteiger partial charge in [-0.05, 0) is 38.3 Å². The zero-order chi connectivity index (χ0) is 19.8. The maximum Gasteiger partial charge on any atom is 0.411 e. The highest BCUT2D eigenvalue weighted by Gasteiger charge is 2.55. The van der Waals surface area contributed by atoms with Gasteiger partial charge in [0.1, 0.15) is 15.4 Å². The summed E-state index contributed by atoms with van der Waals surface area (Å²) in [6.45, 7) is 5.32. The van der Waals surface area contributed by atoms with Gasteiger partial charge in [0.25, 0.3) is 0 Å². The topological polar surface area (TPSA) is 90.0 Å². The summed E-state index contributed by atoms with van der Waals surface area (Å²) in [7, 11) is -2.14. The van der Waals surface area contributed by atoms with Crippen LogP contribution in [0.5, 0.6) is 0 Å². The Hall–Kier alpha value is -2.09. The van der Waals surface area contributed by atoms with Crippen LogP contribution in [0.1, 0.15) is 38.3 Å². The largest absolute Gasteiger partial charge is 0.467 e. The van der Waals surface area contributed by atoms with Crippen LogP contribution in [0.3, 0.4) is 0 Å². The van der Waals surface area contributed by atoms with Gasteiger partial charge in [0.2, 0.25) is 0 Å². The molecule has 0 bridgehead atoms. The number of rotatable bonds is 4. The Morgan fingerprint density at radius 1 is 1.23 bits per heavy atom. The molecular weight excluding hydrogens is 358 g/mol. The lowest BCUT2D eigenvalue weighted by atomic mass is 9.87. The Labute approximate surface area is 154 Å². The average Bonchev–Trinajstić information content (AvgIpc) is 2.85. The van der Waals surface area contributed by atoms with Crippen LogP contribution in [0.4, 0.5) is 4.79 Å². The Bertz CT molecular complexity index is 811. The Kier molecular flexibility index (Phi) is 5.37. The van der Waals surface area contributed by atoms with E-state index in [4.69, 9.17) is 9.47 Å². The first-order chi connectivity index (χ1) is 11.9. The quantitative estimate of drug-likeness (QED) is 0.741. The van der Waals surface area contributed by atoms with Crippen molar-refractivity contribution in [2.45, 2.75) is 44.9 Å². The number of nitrogens with zero attached hydrogens (tertiary/aromatic N) is 1. The molecule has 1 unspecified atom stereocenters. The average molecular weight is 383 g/mol. The van der Waals surface area contributed by atoms with Crippen LogP contribution in [0.15, 0.2) is 24.3 Å². The maximum absolute atomic E-state index is 12.8. The van der Waals surface area contributed by atoms with Gasteiger partial charge in [-0.25, -0.2) is 18.0 Å². The summed E-state index contributed by atoms with van der Waals surface area (Å²) in [5, 5.41) is 0. The summed E-state index contributed by atoms with van der Waals surface area (Å²) in [5.41, 5.74) is -0.958. The van der Waals surface area contributed by atoms with E-state index in [0.717, 1.165) is 11.8 Å². The smallest absolute Gasteiger partial charge is 0.411 e. The molecule has 0 saturated carbocycles. The molecule has 0 aliphatic carbocycles. The summed E-state index contributed by atoms with van der Waals surface area (Å²) < 4.78 is 34.0. The van der Waals surface area contributed by atoms with Crippen LogP contribution in [0.25, 0.3) is 0 Å². The van der Waals surface area contributed by atoms with E-state index in [1.54, 1.807) is 45.0 Å². The predicted octanol–water partition coefficient (Wildman–Crippen LogP) is 2.24. The predicted molar refractivity (Wildman–Crippen MR) is 96.2 cm³/mol. The number of carbonyl (C=O) groups excluding carboxylic acids is 2. The fraction of sp³-hybridized carbons (Fsp3) is 0.556. The van der Waals surface area contributed by atoms with E-state index in [9.17, 15) is 18.0 Å². The number of esters is 1. The molecule has 0 N–H and O–H groups in total. The Morgan fingerprint density at radius 2 is 1.85 bits per heavy atom. The number of benzene rings is 1. The highest BCUT2D eigenvalue weighted by Crippen LogP contribution is 2.44. The van der Waals surface area contributed by atoms with Crippen molar-refractivity contribution < 1.29 is 27.5 Å². The monoisotopic (exact) mass is 383 g/mol. The van der Waals surface area contributed by atoms with Crippen LogP contribution in [-0.4, -0.2) is 50.1 Å². The van der Waals surface area contributed by atoms with Gasteiger partial charge in [-0.15, -0.1) is 0 Å². The molecule has 1 aromatic rings. The van der Waals surface area contributed by atoms with Crippen molar-refractivity contribution in [2.75, 3.05) is 19.1 Å². The lowest BCUT2D eigenvalue weighted by molar-refractivity contribution is -0.155. The van der Waals surface area contributed by atoms with Gasteiger partial charge >= 0.3 is 12.1 Å². The van der Waals surface area contributed by atoms with E-state index >= 15 is 0 Å². The molecule has 1 atom stereocenters. The zero-order valence-corrected chi connectivity index (χ0v) is 16.6. The fourth-order valence-corrected chi connectivity index (χ4v) is 3.81. The van der Waals surface area contributed by atoms with Crippen LogP contribution >= 0.6 is 0 Å². The third-order valence-corrected chi connectivity index (χ3v) is 5.17. The van der Waals surface area contributed by atoms with Crippen molar-refractivity contribution in [1.82, 2.24) is 4.90 Å². The summed E-state index contributed by atoms with van der Waals surface area (Å²) in [6.07, 6.45) is 0.304. The van der Waals surface area contributed by atoms with Crippen LogP contribution in [0, 0.1) is 0 Å². The van der Waals surface area contributed by atoms with Gasteiger partial charge < -0.3 is 9.47 Å². The number of fused-ring (bicyclic) bond motifs is 1. The molecule has 8 heteroatoms. The number of hydrogen-bond acceptors (Lipinski definition) is 6. The third kappa shape index (κ3) is 4.00. The molecule has 2 rings (SSSR count). The summed E-state index contributed by atoms with van der Waals surface area (Å²) in [5.74, 6) is -0.951. The molecule has 1 amide bonds. The van der Waals surface area contributed by atoms with E-state index < -0.39 is 33.0 Å². The normalized spacial score (nSPS) is 19.8. The van der Waals surface area contributed by atoms with E-state index in [0.29, 0.717) is 5.56 Å². The number of sulfone groups is 1. The zero-order valence-electron chi connectivity index (χ0n) is 15.7. The number of amides is 1. The van der Waals surface area contributed by atoms with E-state index in [1.165, 1.54) is 12.0 Å². The van der Waals surface area contributed by atoms with Gasteiger partial charge in [0, 0.05) is 6.26 Å². The summed E-state index contributed by atoms with van der Waals surface area (Å²) in [4.78, 5) is 26.9. The Balaban J connectivity index is 2.58. The van der Waals surface area contributed by atoms with Crippen molar-refractivity contribution in [3.8, 4) is 0 Å². The molecule has 0 fully saturated rings. The number of methoxy groups -OCH3 is 1. The molecule has 1 heterocycles. The lowest BCUT2D eigenvalue weighted by Crippen LogP contribution is -2.53. The van der Waals surface area contributed by atoms with Crippen molar-refractivity contribution in [3.05, 3.63) is 35.4 Å². The highest BCUT2D eigenvalue weighted by atomic mass is 32.2. The fourth-order valence-electron chi connectivity index (χ4n) is 3.14. The molecule has 144 valence electrons. The lowest BCUT2D eigenvalue weighted by Gasteiger charge is -2.37. The van der Waals surface area contributed by atoms with Crippen molar-refractivity contribution in [2.24, 2.45) is 0 Å². The molecular formula is C18H25NO6S. The molecule has 7 nitrogen and oxygen atoms in total. The number of carbonyl (C=O) groups is 2. The maximum atomic E-state index is 12.8. The Morgan fingerprint density at radius 3 is 2.38 bits per heavy atom. The number of ether oxygens (including phenoxy) is 2. The van der Waals surface area contributed by atoms with E-state index in [1.807, 2.05) is 0 Å². The van der Waals surface area contributed by atoms with Gasteiger partial charge in [-0.2, -0.15) is 0 Å². The van der Waals surface area contributed by atoms with Gasteiger partial charge in [-0.1, -0.05) is 24.3 Å². The van der Waals surface area contributed by atoms with E-state index in [2.05, 4.69) is 0 Å². The molecule has 0 spiro atoms. The van der Waals surface area contributed by atoms with Crippen molar-refractivity contribution in [3.63, 3.8) is 0 Å². The first-order valence-electron chi connectivity index (χ1n) is 8.26. The van der Waals surface area contributed by atoms with Crippen LogP contribution in [0.2, 0.25) is 0 Å². The molecule has 0 saturated heterocycles. The van der Waals surface area contributed by atoms with Crippen LogP contribution < -0.4 is 0 Å². The highest BCUT2D eigenvalue weighted by molar-refractivity contribution is 7.90. The van der Waals surface area contributed by atoms with Gasteiger partial charge in [0.15, 0.2) is 5.54 Å². The first kappa shape index (κ1) is 20.2. The van der Waals surface area contributed by atoms with E-state index in [-0.39, 0.29) is 18.7 Å². The standard InChI is InChI=1S/C18H25NO6S/c1-17(2,3)25-16(21)19-12-13-8-6-7-9-14(13)18(19,15(20)24-4)10-11-26(5,22)23/h6-9H,10-12H2,1-5H3. The minimum Gasteiger partial charge on any atom is -0.467 e. The molecule has 0 radical (unpaired) electrons. The second kappa shape index (κ2) is 6.90. The second-order valence-corrected chi connectivity index (χ2v) is 9.72. The molecule has 1 aliphatic rings. The minimum absolute atomic E-state index is 0.102. The van der Waals surface area contributed by atoms with Crippen molar-refractivity contribution >= 4 is 21.9 Å². The summed E-state index contributed by atoms with van der Waals surface area (Å²) >= 11 is 0. The second-order valence-electron chi connectivity index (χ2n) is 7.46. The van der Waals surface area contributed by atoms with Crippen molar-refractivity contribution in [1.29, 1.82) is 0 Å². The van der Waals surface area contributed by atoms with Gasteiger partial charge in [-0.3, -0.25) is 4.90 Å². The molecule has 1 aliphatic heterocycles. The SMILES string of the molecule is COC(=O)C1(CCS(C)(=O)=O)c2ccccc2CN1C(=O)OC(C)(C)C. The first-order valence-corrected chi connectivity index (χ1v) is 10.3. The molecule has 1 aromatic carbocycles. The third-order valence-electron chi connectivity index (χ3n) is 4.22.